The van der Waals surface area contributed by atoms with Crippen molar-refractivity contribution in [2.24, 2.45) is 5.92 Å². The van der Waals surface area contributed by atoms with E-state index in [9.17, 15) is 14.4 Å². The molecule has 2 aliphatic rings. The summed E-state index contributed by atoms with van der Waals surface area (Å²) in [5.41, 5.74) is 1.94. The van der Waals surface area contributed by atoms with Gasteiger partial charge in [0.05, 0.1) is 6.61 Å². The van der Waals surface area contributed by atoms with E-state index in [1.165, 1.54) is 0 Å². The largest absolute Gasteiger partial charge is 0.494 e. The first kappa shape index (κ1) is 22.1. The number of hydrogen-bond donors (Lipinski definition) is 2. The summed E-state index contributed by atoms with van der Waals surface area (Å²) in [7, 11) is 0. The topological polar surface area (TPSA) is 87.7 Å². The second kappa shape index (κ2) is 10.5. The number of hydrogen-bond acceptors (Lipinski definition) is 4. The summed E-state index contributed by atoms with van der Waals surface area (Å²) in [5.74, 6) is 1.45. The Balaban J connectivity index is 1.31. The molecule has 0 saturated carbocycles. The first-order valence-corrected chi connectivity index (χ1v) is 11.0. The van der Waals surface area contributed by atoms with Crippen LogP contribution in [0.3, 0.4) is 0 Å². The molecule has 0 aliphatic carbocycles. The Morgan fingerprint density at radius 3 is 2.73 bits per heavy atom. The molecular formula is C23H33N3O4. The highest BCUT2D eigenvalue weighted by atomic mass is 16.5. The highest BCUT2D eigenvalue weighted by Gasteiger charge is 2.24. The number of likely N-dealkylation sites (tertiary alicyclic amines) is 1. The standard InChI is InChI=1S/C23H33N3O4/c1-16(2)14-23(29)26-11-9-18(10-12-26)24-21(27)4-3-13-30-19-6-7-20-17(15-19)5-8-22(28)25-20/h6-7,15-16,18H,3-5,8-14H2,1-2H3,(H,24,27)(H,25,28). The highest BCUT2D eigenvalue weighted by Crippen LogP contribution is 2.26. The summed E-state index contributed by atoms with van der Waals surface area (Å²) < 4.78 is 5.77. The third-order valence-electron chi connectivity index (χ3n) is 5.58. The SMILES string of the molecule is CC(C)CC(=O)N1CCC(NC(=O)CCCOc2ccc3c(c2)CCC(=O)N3)CC1. The number of benzene rings is 1. The van der Waals surface area contributed by atoms with Crippen LogP contribution < -0.4 is 15.4 Å². The average molecular weight is 416 g/mol. The van der Waals surface area contributed by atoms with Gasteiger partial charge in [-0.2, -0.15) is 0 Å². The minimum atomic E-state index is 0.0405. The second-order valence-electron chi connectivity index (χ2n) is 8.64. The number of fused-ring (bicyclic) bond motifs is 1. The molecule has 7 nitrogen and oxygen atoms in total. The number of aryl methyl sites for hydroxylation is 1. The van der Waals surface area contributed by atoms with Crippen LogP contribution in [0.15, 0.2) is 18.2 Å². The van der Waals surface area contributed by atoms with E-state index in [1.54, 1.807) is 0 Å². The zero-order valence-corrected chi connectivity index (χ0v) is 18.0. The number of ether oxygens (including phenoxy) is 1. The molecule has 1 aromatic carbocycles. The molecule has 1 aromatic rings. The van der Waals surface area contributed by atoms with Crippen molar-refractivity contribution in [2.45, 2.75) is 64.8 Å². The number of carbonyl (C=O) groups is 3. The number of anilines is 1. The summed E-state index contributed by atoms with van der Waals surface area (Å²) in [4.78, 5) is 37.7. The van der Waals surface area contributed by atoms with Gasteiger partial charge in [-0.15, -0.1) is 0 Å². The number of nitrogens with zero attached hydrogens (tertiary/aromatic N) is 1. The van der Waals surface area contributed by atoms with E-state index in [0.717, 1.165) is 49.4 Å². The summed E-state index contributed by atoms with van der Waals surface area (Å²) in [6, 6.07) is 5.83. The van der Waals surface area contributed by atoms with E-state index in [4.69, 9.17) is 4.74 Å². The van der Waals surface area contributed by atoms with Crippen LogP contribution in [0.4, 0.5) is 5.69 Å². The van der Waals surface area contributed by atoms with Gasteiger partial charge in [0.25, 0.3) is 0 Å². The molecule has 0 atom stereocenters. The number of piperidine rings is 1. The molecule has 0 radical (unpaired) electrons. The van der Waals surface area contributed by atoms with Crippen molar-refractivity contribution in [1.29, 1.82) is 0 Å². The minimum absolute atomic E-state index is 0.0405. The third kappa shape index (κ3) is 6.47. The summed E-state index contributed by atoms with van der Waals surface area (Å²) in [5, 5.41) is 5.95. The Morgan fingerprint density at radius 2 is 2.00 bits per heavy atom. The van der Waals surface area contributed by atoms with Crippen molar-refractivity contribution in [3.63, 3.8) is 0 Å². The highest BCUT2D eigenvalue weighted by molar-refractivity contribution is 5.94. The smallest absolute Gasteiger partial charge is 0.224 e. The molecule has 3 rings (SSSR count). The summed E-state index contributed by atoms with van der Waals surface area (Å²) >= 11 is 0. The molecule has 2 aliphatic heterocycles. The van der Waals surface area contributed by atoms with Crippen molar-refractivity contribution in [3.8, 4) is 5.75 Å². The molecule has 1 saturated heterocycles. The van der Waals surface area contributed by atoms with Gasteiger partial charge in [0.2, 0.25) is 17.7 Å². The zero-order valence-electron chi connectivity index (χ0n) is 18.0. The fourth-order valence-corrected chi connectivity index (χ4v) is 3.92. The Hall–Kier alpha value is -2.57. The van der Waals surface area contributed by atoms with Gasteiger partial charge in [0.1, 0.15) is 5.75 Å². The van der Waals surface area contributed by atoms with Gasteiger partial charge in [-0.3, -0.25) is 14.4 Å². The molecule has 0 bridgehead atoms. The van der Waals surface area contributed by atoms with Gasteiger partial charge >= 0.3 is 0 Å². The molecule has 0 aromatic heterocycles. The van der Waals surface area contributed by atoms with Crippen molar-refractivity contribution in [1.82, 2.24) is 10.2 Å². The van der Waals surface area contributed by atoms with E-state index in [2.05, 4.69) is 24.5 Å². The fraction of sp³-hybridized carbons (Fsp3) is 0.609. The van der Waals surface area contributed by atoms with Gasteiger partial charge in [-0.1, -0.05) is 13.8 Å². The Morgan fingerprint density at radius 1 is 1.23 bits per heavy atom. The molecule has 164 valence electrons. The minimum Gasteiger partial charge on any atom is -0.494 e. The van der Waals surface area contributed by atoms with Crippen LogP contribution in [-0.4, -0.2) is 48.4 Å². The quantitative estimate of drug-likeness (QED) is 0.639. The summed E-state index contributed by atoms with van der Waals surface area (Å²) in [6.07, 6.45) is 4.52. The van der Waals surface area contributed by atoms with Crippen molar-refractivity contribution in [2.75, 3.05) is 25.0 Å². The predicted molar refractivity (Wildman–Crippen MR) is 115 cm³/mol. The van der Waals surface area contributed by atoms with E-state index >= 15 is 0 Å². The lowest BCUT2D eigenvalue weighted by atomic mass is 10.0. The molecule has 0 unspecified atom stereocenters. The van der Waals surface area contributed by atoms with Crippen LogP contribution in [0, 0.1) is 5.92 Å². The lowest BCUT2D eigenvalue weighted by Crippen LogP contribution is -2.46. The number of carbonyl (C=O) groups excluding carboxylic acids is 3. The Labute approximate surface area is 178 Å². The second-order valence-corrected chi connectivity index (χ2v) is 8.64. The van der Waals surface area contributed by atoms with Crippen LogP contribution >= 0.6 is 0 Å². The van der Waals surface area contributed by atoms with Crippen LogP contribution in [0.25, 0.3) is 0 Å². The first-order valence-electron chi connectivity index (χ1n) is 11.0. The van der Waals surface area contributed by atoms with Gasteiger partial charge < -0.3 is 20.3 Å². The molecule has 0 spiro atoms. The normalized spacial score (nSPS) is 16.8. The predicted octanol–water partition coefficient (Wildman–Crippen LogP) is 2.88. The maximum atomic E-state index is 12.2. The van der Waals surface area contributed by atoms with Crippen molar-refractivity contribution in [3.05, 3.63) is 23.8 Å². The molecule has 3 amide bonds. The molecular weight excluding hydrogens is 382 g/mol. The van der Waals surface area contributed by atoms with E-state index in [1.807, 2.05) is 23.1 Å². The molecule has 7 heteroatoms. The van der Waals surface area contributed by atoms with Gasteiger partial charge in [-0.05, 0) is 55.4 Å². The van der Waals surface area contributed by atoms with Crippen molar-refractivity contribution >= 4 is 23.4 Å². The van der Waals surface area contributed by atoms with Gasteiger partial charge in [0, 0.05) is 44.1 Å². The first-order chi connectivity index (χ1) is 14.4. The van der Waals surface area contributed by atoms with Crippen LogP contribution in [0.5, 0.6) is 5.75 Å². The molecule has 30 heavy (non-hydrogen) atoms. The lowest BCUT2D eigenvalue weighted by Gasteiger charge is -2.32. The fourth-order valence-electron chi connectivity index (χ4n) is 3.92. The van der Waals surface area contributed by atoms with E-state index < -0.39 is 0 Å². The maximum absolute atomic E-state index is 12.2. The van der Waals surface area contributed by atoms with E-state index in [-0.39, 0.29) is 23.8 Å². The monoisotopic (exact) mass is 415 g/mol. The van der Waals surface area contributed by atoms with Crippen molar-refractivity contribution < 1.29 is 19.1 Å². The van der Waals surface area contributed by atoms with Crippen LogP contribution in [-0.2, 0) is 20.8 Å². The lowest BCUT2D eigenvalue weighted by molar-refractivity contribution is -0.133. The molecule has 2 heterocycles. The maximum Gasteiger partial charge on any atom is 0.224 e. The van der Waals surface area contributed by atoms with Gasteiger partial charge in [-0.25, -0.2) is 0 Å². The van der Waals surface area contributed by atoms with Crippen LogP contribution in [0.1, 0.15) is 57.9 Å². The number of nitrogens with one attached hydrogen (secondary N) is 2. The van der Waals surface area contributed by atoms with E-state index in [0.29, 0.717) is 38.2 Å². The molecule has 1 fully saturated rings. The third-order valence-corrected chi connectivity index (χ3v) is 5.58. The number of rotatable bonds is 8. The Bertz CT molecular complexity index is 770. The summed E-state index contributed by atoms with van der Waals surface area (Å²) in [6.45, 7) is 6.02. The molecule has 2 N–H and O–H groups in total. The Kier molecular flexibility index (Phi) is 7.71. The van der Waals surface area contributed by atoms with Gasteiger partial charge in [0.15, 0.2) is 0 Å². The zero-order chi connectivity index (χ0) is 21.5. The number of amides is 3. The average Bonchev–Trinajstić information content (AvgIpc) is 2.71. The van der Waals surface area contributed by atoms with Crippen LogP contribution in [0.2, 0.25) is 0 Å².